The maximum Gasteiger partial charge on any atom is 0.254 e. The van der Waals surface area contributed by atoms with Crippen LogP contribution in [0.1, 0.15) is 23.2 Å². The summed E-state index contributed by atoms with van der Waals surface area (Å²) in [6, 6.07) is 1.83. The molecule has 0 bridgehead atoms. The summed E-state index contributed by atoms with van der Waals surface area (Å²) >= 11 is 1.50. The maximum atomic E-state index is 11.9. The molecule has 3 rings (SSSR count). The predicted octanol–water partition coefficient (Wildman–Crippen LogP) is 1.95. The van der Waals surface area contributed by atoms with E-state index in [0.717, 1.165) is 41.8 Å². The number of aromatic nitrogens is 3. The molecule has 0 atom stereocenters. The summed E-state index contributed by atoms with van der Waals surface area (Å²) in [6.45, 7) is 0. The summed E-state index contributed by atoms with van der Waals surface area (Å²) in [7, 11) is 1.64. The van der Waals surface area contributed by atoms with Crippen LogP contribution in [0.5, 0.6) is 5.75 Å². The molecule has 0 fully saturated rings. The van der Waals surface area contributed by atoms with Crippen molar-refractivity contribution in [3.05, 3.63) is 45.6 Å². The van der Waals surface area contributed by atoms with Gasteiger partial charge in [0, 0.05) is 29.3 Å². The van der Waals surface area contributed by atoms with Gasteiger partial charge in [-0.15, -0.1) is 0 Å². The number of nitrogens with one attached hydrogen (secondary N) is 1. The number of methoxy groups -OCH3 is 1. The van der Waals surface area contributed by atoms with E-state index in [-0.39, 0.29) is 5.56 Å². The number of aromatic amines is 1. The van der Waals surface area contributed by atoms with Gasteiger partial charge in [-0.05, 0) is 25.3 Å². The molecular weight excluding hydrogens is 274 g/mol. The van der Waals surface area contributed by atoms with Crippen LogP contribution >= 0.6 is 11.8 Å². The fourth-order valence-corrected chi connectivity index (χ4v) is 3.20. The first kappa shape index (κ1) is 13.2. The number of H-pyrrole nitrogens is 1. The molecule has 20 heavy (non-hydrogen) atoms. The van der Waals surface area contributed by atoms with Crippen molar-refractivity contribution in [3.63, 3.8) is 0 Å². The molecule has 2 aromatic heterocycles. The van der Waals surface area contributed by atoms with Crippen LogP contribution < -0.4 is 10.3 Å². The number of fused-ring (bicyclic) bond motifs is 1. The van der Waals surface area contributed by atoms with Crippen molar-refractivity contribution in [1.82, 2.24) is 15.0 Å². The quantitative estimate of drug-likeness (QED) is 0.688. The van der Waals surface area contributed by atoms with Crippen LogP contribution in [0.3, 0.4) is 0 Å². The maximum absolute atomic E-state index is 11.9. The summed E-state index contributed by atoms with van der Waals surface area (Å²) in [6.07, 6.45) is 6.25. The fraction of sp³-hybridized carbons (Fsp3) is 0.357. The second kappa shape index (κ2) is 5.66. The second-order valence-electron chi connectivity index (χ2n) is 4.63. The monoisotopic (exact) mass is 289 g/mol. The van der Waals surface area contributed by atoms with Gasteiger partial charge in [-0.25, -0.2) is 4.98 Å². The lowest BCUT2D eigenvalue weighted by molar-refractivity contribution is 0.410. The fourth-order valence-electron chi connectivity index (χ4n) is 2.36. The van der Waals surface area contributed by atoms with E-state index in [9.17, 15) is 4.79 Å². The zero-order valence-electron chi connectivity index (χ0n) is 11.2. The molecular formula is C14H15N3O2S. The highest BCUT2D eigenvalue weighted by molar-refractivity contribution is 7.98. The zero-order valence-corrected chi connectivity index (χ0v) is 12.0. The molecule has 2 heterocycles. The first-order chi connectivity index (χ1) is 9.78. The van der Waals surface area contributed by atoms with Gasteiger partial charge in [0.05, 0.1) is 12.8 Å². The van der Waals surface area contributed by atoms with Crippen molar-refractivity contribution < 1.29 is 4.74 Å². The van der Waals surface area contributed by atoms with Gasteiger partial charge in [0.25, 0.3) is 5.56 Å². The van der Waals surface area contributed by atoms with Crippen molar-refractivity contribution >= 4 is 11.8 Å². The molecule has 0 unspecified atom stereocenters. The lowest BCUT2D eigenvalue weighted by atomic mass is 10.3. The molecule has 0 radical (unpaired) electrons. The van der Waals surface area contributed by atoms with Gasteiger partial charge in [-0.2, -0.15) is 0 Å². The molecule has 1 aliphatic carbocycles. The van der Waals surface area contributed by atoms with Gasteiger partial charge in [-0.1, -0.05) is 11.8 Å². The number of hydrogen-bond acceptors (Lipinski definition) is 5. The molecule has 0 aliphatic heterocycles. The summed E-state index contributed by atoms with van der Waals surface area (Å²) < 4.78 is 5.29. The Bertz CT molecular complexity index is 684. The topological polar surface area (TPSA) is 67.9 Å². The lowest BCUT2D eigenvalue weighted by Crippen LogP contribution is -2.14. The predicted molar refractivity (Wildman–Crippen MR) is 77.2 cm³/mol. The van der Waals surface area contributed by atoms with Crippen LogP contribution in [0, 0.1) is 0 Å². The van der Waals surface area contributed by atoms with Crippen molar-refractivity contribution in [3.8, 4) is 5.75 Å². The third-order valence-corrected chi connectivity index (χ3v) is 4.29. The standard InChI is InChI=1S/C14H15N3O2S/c1-19-12-5-6-15-7-9(12)8-20-14-16-11-4-2-3-10(11)13(18)17-14/h5-7H,2-4,8H2,1H3,(H,16,17,18). The summed E-state index contributed by atoms with van der Waals surface area (Å²) in [4.78, 5) is 23.4. The van der Waals surface area contributed by atoms with E-state index < -0.39 is 0 Å². The summed E-state index contributed by atoms with van der Waals surface area (Å²) in [5.74, 6) is 1.47. The molecule has 104 valence electrons. The number of rotatable bonds is 4. The third-order valence-electron chi connectivity index (χ3n) is 3.36. The smallest absolute Gasteiger partial charge is 0.254 e. The molecule has 6 heteroatoms. The van der Waals surface area contributed by atoms with E-state index >= 15 is 0 Å². The molecule has 0 saturated carbocycles. The van der Waals surface area contributed by atoms with Crippen molar-refractivity contribution in [2.75, 3.05) is 7.11 Å². The Balaban J connectivity index is 1.79. The largest absolute Gasteiger partial charge is 0.496 e. The second-order valence-corrected chi connectivity index (χ2v) is 5.59. The number of pyridine rings is 1. The van der Waals surface area contributed by atoms with Gasteiger partial charge in [0.1, 0.15) is 5.75 Å². The Morgan fingerprint density at radius 2 is 2.35 bits per heavy atom. The molecule has 2 aromatic rings. The Hall–Kier alpha value is -1.82. The van der Waals surface area contributed by atoms with Gasteiger partial charge < -0.3 is 9.72 Å². The minimum absolute atomic E-state index is 0.00755. The number of ether oxygens (including phenoxy) is 1. The zero-order chi connectivity index (χ0) is 13.9. The molecule has 0 spiro atoms. The van der Waals surface area contributed by atoms with Crippen LogP contribution in [0.4, 0.5) is 0 Å². The van der Waals surface area contributed by atoms with Crippen molar-refractivity contribution in [2.45, 2.75) is 30.2 Å². The number of thioether (sulfide) groups is 1. The first-order valence-electron chi connectivity index (χ1n) is 6.49. The highest BCUT2D eigenvalue weighted by Gasteiger charge is 2.17. The number of aryl methyl sites for hydroxylation is 1. The highest BCUT2D eigenvalue weighted by Crippen LogP contribution is 2.26. The van der Waals surface area contributed by atoms with Crippen LogP contribution in [0.25, 0.3) is 0 Å². The Morgan fingerprint density at radius 1 is 1.45 bits per heavy atom. The van der Waals surface area contributed by atoms with Crippen LogP contribution in [0.2, 0.25) is 0 Å². The molecule has 1 aliphatic rings. The van der Waals surface area contributed by atoms with Crippen LogP contribution in [-0.2, 0) is 18.6 Å². The minimum Gasteiger partial charge on any atom is -0.496 e. The van der Waals surface area contributed by atoms with E-state index in [1.807, 2.05) is 6.07 Å². The average Bonchev–Trinajstić information content (AvgIpc) is 2.94. The third kappa shape index (κ3) is 2.56. The van der Waals surface area contributed by atoms with Gasteiger partial charge in [-0.3, -0.25) is 9.78 Å². The highest BCUT2D eigenvalue weighted by atomic mass is 32.2. The Morgan fingerprint density at radius 3 is 3.20 bits per heavy atom. The number of nitrogens with zero attached hydrogens (tertiary/aromatic N) is 2. The molecule has 0 aromatic carbocycles. The van der Waals surface area contributed by atoms with E-state index in [4.69, 9.17) is 4.74 Å². The Kier molecular flexibility index (Phi) is 3.73. The van der Waals surface area contributed by atoms with Crippen LogP contribution in [-0.4, -0.2) is 22.1 Å². The van der Waals surface area contributed by atoms with E-state index in [1.165, 1.54) is 11.8 Å². The van der Waals surface area contributed by atoms with Gasteiger partial charge in [0.15, 0.2) is 5.16 Å². The van der Waals surface area contributed by atoms with E-state index in [1.54, 1.807) is 19.5 Å². The Labute approximate surface area is 120 Å². The van der Waals surface area contributed by atoms with Gasteiger partial charge >= 0.3 is 0 Å². The van der Waals surface area contributed by atoms with Crippen LogP contribution in [0.15, 0.2) is 28.4 Å². The molecule has 5 nitrogen and oxygen atoms in total. The first-order valence-corrected chi connectivity index (χ1v) is 7.48. The van der Waals surface area contributed by atoms with Gasteiger partial charge in [0.2, 0.25) is 0 Å². The van der Waals surface area contributed by atoms with E-state index in [2.05, 4.69) is 15.0 Å². The lowest BCUT2D eigenvalue weighted by Gasteiger charge is -2.07. The molecule has 0 amide bonds. The normalized spacial score (nSPS) is 13.2. The SMILES string of the molecule is COc1ccncc1CSc1nc2c(c(=O)[nH]1)CCC2. The van der Waals surface area contributed by atoms with Crippen molar-refractivity contribution in [2.24, 2.45) is 0 Å². The van der Waals surface area contributed by atoms with Crippen molar-refractivity contribution in [1.29, 1.82) is 0 Å². The minimum atomic E-state index is 0.00755. The average molecular weight is 289 g/mol. The number of hydrogen-bond donors (Lipinski definition) is 1. The molecule has 0 saturated heterocycles. The molecule has 1 N–H and O–H groups in total. The summed E-state index contributed by atoms with van der Waals surface area (Å²) in [5, 5.41) is 0.668. The summed E-state index contributed by atoms with van der Waals surface area (Å²) in [5.41, 5.74) is 2.80. The van der Waals surface area contributed by atoms with E-state index in [0.29, 0.717) is 10.9 Å².